The summed E-state index contributed by atoms with van der Waals surface area (Å²) < 4.78 is 40.7. The number of carboxylic acid groups (broad SMARTS) is 1. The fraction of sp³-hybridized carbons (Fsp3) is 0.478. The molecule has 2 unspecified atom stereocenters. The predicted molar refractivity (Wildman–Crippen MR) is 120 cm³/mol. The number of aliphatic carboxylic acids is 1. The largest absolute Gasteiger partial charge is 0.481 e. The van der Waals surface area contributed by atoms with Crippen LogP contribution < -0.4 is 5.32 Å². The highest BCUT2D eigenvalue weighted by atomic mass is 35.5. The van der Waals surface area contributed by atoms with Crippen molar-refractivity contribution in [2.75, 3.05) is 5.32 Å². The van der Waals surface area contributed by atoms with Gasteiger partial charge in [0.25, 0.3) is 0 Å². The van der Waals surface area contributed by atoms with Crippen molar-refractivity contribution in [2.24, 2.45) is 17.8 Å². The van der Waals surface area contributed by atoms with Gasteiger partial charge in [-0.2, -0.15) is 13.2 Å². The summed E-state index contributed by atoms with van der Waals surface area (Å²) in [5.41, 5.74) is 0.815. The van der Waals surface area contributed by atoms with Gasteiger partial charge in [-0.15, -0.1) is 0 Å². The number of amides is 1. The molecule has 0 fully saturated rings. The van der Waals surface area contributed by atoms with E-state index in [0.29, 0.717) is 17.0 Å². The number of rotatable bonds is 9. The Hall–Kier alpha value is -1.99. The second-order valence-electron chi connectivity index (χ2n) is 8.02. The molecule has 1 aliphatic carbocycles. The lowest BCUT2D eigenvalue weighted by atomic mass is 9.78. The molecule has 2 N–H and O–H groups in total. The van der Waals surface area contributed by atoms with Gasteiger partial charge in [-0.25, -0.2) is 0 Å². The number of halogens is 5. The summed E-state index contributed by atoms with van der Waals surface area (Å²) in [6, 6.07) is 4.74. The molecule has 1 amide bonds. The number of anilines is 1. The van der Waals surface area contributed by atoms with Crippen molar-refractivity contribution < 1.29 is 27.9 Å². The van der Waals surface area contributed by atoms with Gasteiger partial charge in [0, 0.05) is 5.03 Å². The van der Waals surface area contributed by atoms with Gasteiger partial charge < -0.3 is 10.4 Å². The van der Waals surface area contributed by atoms with Crippen molar-refractivity contribution in [1.82, 2.24) is 0 Å². The number of carboxylic acids is 1. The molecule has 0 aliphatic heterocycles. The molecule has 0 saturated carbocycles. The van der Waals surface area contributed by atoms with Crippen molar-refractivity contribution in [3.05, 3.63) is 52.0 Å². The van der Waals surface area contributed by atoms with E-state index in [2.05, 4.69) is 5.32 Å². The first-order valence-electron chi connectivity index (χ1n) is 10.4. The Morgan fingerprint density at radius 1 is 1.28 bits per heavy atom. The van der Waals surface area contributed by atoms with E-state index in [0.717, 1.165) is 13.3 Å². The lowest BCUT2D eigenvalue weighted by molar-refractivity contribution is -0.188. The van der Waals surface area contributed by atoms with Gasteiger partial charge in [0.2, 0.25) is 5.91 Å². The maximum Gasteiger partial charge on any atom is 0.392 e. The van der Waals surface area contributed by atoms with E-state index in [9.17, 15) is 27.9 Å². The number of benzene rings is 1. The minimum absolute atomic E-state index is 0.101. The van der Waals surface area contributed by atoms with Crippen molar-refractivity contribution >= 4 is 40.8 Å². The normalized spacial score (nSPS) is 19.1. The third kappa shape index (κ3) is 7.01. The summed E-state index contributed by atoms with van der Waals surface area (Å²) in [4.78, 5) is 24.3. The fourth-order valence-electron chi connectivity index (χ4n) is 3.93. The molecular formula is C23H26Cl2F3NO3. The number of hydrogen-bond donors (Lipinski definition) is 2. The van der Waals surface area contributed by atoms with E-state index in [1.807, 2.05) is 6.92 Å². The molecule has 0 spiro atoms. The molecule has 0 heterocycles. The highest BCUT2D eigenvalue weighted by molar-refractivity contribution is 6.33. The second-order valence-corrected chi connectivity index (χ2v) is 8.86. The zero-order valence-corrected chi connectivity index (χ0v) is 19.3. The fourth-order valence-corrected chi connectivity index (χ4v) is 4.25. The smallest absolute Gasteiger partial charge is 0.392 e. The summed E-state index contributed by atoms with van der Waals surface area (Å²) in [5.74, 6) is -6.04. The van der Waals surface area contributed by atoms with Gasteiger partial charge in [-0.3, -0.25) is 9.59 Å². The molecule has 2 rings (SSSR count). The first-order valence-corrected chi connectivity index (χ1v) is 11.1. The van der Waals surface area contributed by atoms with Crippen molar-refractivity contribution in [3.8, 4) is 0 Å². The van der Waals surface area contributed by atoms with Crippen LogP contribution in [-0.2, 0) is 9.59 Å². The molecule has 1 aromatic rings. The van der Waals surface area contributed by atoms with Crippen molar-refractivity contribution in [3.63, 3.8) is 0 Å². The van der Waals surface area contributed by atoms with E-state index < -0.39 is 35.8 Å². The topological polar surface area (TPSA) is 66.4 Å². The standard InChI is InChI=1S/C23H26Cl2F3NO3/c1-3-4-15(12-20(30)31)16-7-10-18(25)19(11-16)29-22(32)21(13(2)23(26,27)28)14-5-8-17(24)9-6-14/h5,7-11,13-15,21H,3-4,6,12H2,1-2H3,(H,29,32)(H,30,31)/t13-,14?,15?,21+/m1/s1. The van der Waals surface area contributed by atoms with Crippen LogP contribution in [0.5, 0.6) is 0 Å². The van der Waals surface area contributed by atoms with Gasteiger partial charge in [-0.05, 0) is 48.4 Å². The maximum atomic E-state index is 13.6. The molecule has 176 valence electrons. The number of hydrogen-bond acceptors (Lipinski definition) is 2. The van der Waals surface area contributed by atoms with Gasteiger partial charge in [0.1, 0.15) is 0 Å². The Labute approximate surface area is 195 Å². The molecule has 0 bridgehead atoms. The van der Waals surface area contributed by atoms with Crippen LogP contribution in [0.15, 0.2) is 41.5 Å². The van der Waals surface area contributed by atoms with E-state index in [1.54, 1.807) is 18.2 Å². The number of allylic oxidation sites excluding steroid dienone is 4. The Bertz CT molecular complexity index is 899. The molecule has 1 aromatic carbocycles. The zero-order chi connectivity index (χ0) is 24.1. The Morgan fingerprint density at radius 3 is 2.50 bits per heavy atom. The van der Waals surface area contributed by atoms with Crippen LogP contribution in [0.4, 0.5) is 18.9 Å². The molecule has 4 nitrogen and oxygen atoms in total. The maximum absolute atomic E-state index is 13.6. The van der Waals surface area contributed by atoms with E-state index >= 15 is 0 Å². The SMILES string of the molecule is CCCC(CC(=O)O)c1ccc(Cl)c(NC(=O)[C@H](C2C=CC(Cl)=CC2)[C@@H](C)C(F)(F)F)c1. The van der Waals surface area contributed by atoms with E-state index in [4.69, 9.17) is 23.2 Å². The van der Waals surface area contributed by atoms with E-state index in [1.165, 1.54) is 18.2 Å². The zero-order valence-electron chi connectivity index (χ0n) is 17.8. The monoisotopic (exact) mass is 491 g/mol. The van der Waals surface area contributed by atoms with Crippen LogP contribution in [0.1, 0.15) is 51.0 Å². The third-order valence-electron chi connectivity index (χ3n) is 5.68. The van der Waals surface area contributed by atoms with Crippen LogP contribution in [-0.4, -0.2) is 23.2 Å². The Morgan fingerprint density at radius 2 is 1.97 bits per heavy atom. The molecule has 4 atom stereocenters. The molecule has 1 aliphatic rings. The molecule has 32 heavy (non-hydrogen) atoms. The summed E-state index contributed by atoms with van der Waals surface area (Å²) >= 11 is 12.1. The molecular weight excluding hydrogens is 466 g/mol. The average molecular weight is 492 g/mol. The minimum atomic E-state index is -4.57. The second kappa shape index (κ2) is 11.2. The number of carbonyl (C=O) groups is 2. The third-order valence-corrected chi connectivity index (χ3v) is 6.29. The first-order chi connectivity index (χ1) is 14.9. The van der Waals surface area contributed by atoms with Gasteiger partial charge in [-0.1, -0.05) is 61.7 Å². The first kappa shape index (κ1) is 26.3. The number of carbonyl (C=O) groups excluding carboxylic acids is 1. The molecule has 9 heteroatoms. The molecule has 0 radical (unpaired) electrons. The van der Waals surface area contributed by atoms with Crippen LogP contribution in [0.2, 0.25) is 5.02 Å². The lowest BCUT2D eigenvalue weighted by Crippen LogP contribution is -2.40. The summed E-state index contributed by atoms with van der Waals surface area (Å²) in [7, 11) is 0. The van der Waals surface area contributed by atoms with Gasteiger partial charge in [0.05, 0.1) is 29.0 Å². The Kier molecular flexibility index (Phi) is 9.22. The number of alkyl halides is 3. The molecule has 0 aromatic heterocycles. The molecule has 0 saturated heterocycles. The highest BCUT2D eigenvalue weighted by Gasteiger charge is 2.46. The quantitative estimate of drug-likeness (QED) is 0.385. The lowest BCUT2D eigenvalue weighted by Gasteiger charge is -2.31. The minimum Gasteiger partial charge on any atom is -0.481 e. The van der Waals surface area contributed by atoms with Crippen LogP contribution in [0, 0.1) is 17.8 Å². The summed E-state index contributed by atoms with van der Waals surface area (Å²) in [6.45, 7) is 2.91. The van der Waals surface area contributed by atoms with Crippen molar-refractivity contribution in [1.29, 1.82) is 0 Å². The van der Waals surface area contributed by atoms with Gasteiger partial charge >= 0.3 is 12.1 Å². The van der Waals surface area contributed by atoms with Gasteiger partial charge in [0.15, 0.2) is 0 Å². The Balaban J connectivity index is 2.34. The van der Waals surface area contributed by atoms with Crippen molar-refractivity contribution in [2.45, 2.75) is 51.6 Å². The number of nitrogens with one attached hydrogen (secondary N) is 1. The summed E-state index contributed by atoms with van der Waals surface area (Å²) in [5, 5.41) is 12.3. The van der Waals surface area contributed by atoms with Crippen LogP contribution in [0.25, 0.3) is 0 Å². The van der Waals surface area contributed by atoms with Crippen LogP contribution in [0.3, 0.4) is 0 Å². The highest BCUT2D eigenvalue weighted by Crippen LogP contribution is 2.40. The average Bonchev–Trinajstić information content (AvgIpc) is 2.70. The summed E-state index contributed by atoms with van der Waals surface area (Å²) in [6.07, 6.45) is 1.50. The predicted octanol–water partition coefficient (Wildman–Crippen LogP) is 7.15. The van der Waals surface area contributed by atoms with E-state index in [-0.39, 0.29) is 29.5 Å². The van der Waals surface area contributed by atoms with Crippen LogP contribution >= 0.6 is 23.2 Å².